The molecule has 1 aromatic carbocycles. The van der Waals surface area contributed by atoms with E-state index in [0.29, 0.717) is 41.4 Å². The van der Waals surface area contributed by atoms with Gasteiger partial charge in [0.1, 0.15) is 17.5 Å². The Morgan fingerprint density at radius 3 is 2.72 bits per heavy atom. The zero-order valence-electron chi connectivity index (χ0n) is 16.2. The Morgan fingerprint density at radius 2 is 2.03 bits per heavy atom. The molecule has 1 N–H and O–H groups in total. The number of carbonyl (C=O) groups is 3. The Bertz CT molecular complexity index is 883. The van der Waals surface area contributed by atoms with Crippen LogP contribution in [0.15, 0.2) is 35.7 Å². The smallest absolute Gasteiger partial charge is 0.329 e. The van der Waals surface area contributed by atoms with Crippen molar-refractivity contribution in [3.8, 4) is 11.5 Å². The van der Waals surface area contributed by atoms with Crippen LogP contribution in [0.2, 0.25) is 0 Å². The average molecular weight is 418 g/mol. The third-order valence-electron chi connectivity index (χ3n) is 4.55. The van der Waals surface area contributed by atoms with Crippen LogP contribution in [0, 0.1) is 0 Å². The Balaban J connectivity index is 1.56. The number of carbonyl (C=O) groups excluding carboxylic acids is 3. The quantitative estimate of drug-likeness (QED) is 0.695. The Hall–Kier alpha value is -3.07. The molecule has 8 nitrogen and oxygen atoms in total. The van der Waals surface area contributed by atoms with Crippen LogP contribution >= 0.6 is 11.3 Å². The predicted octanol–water partition coefficient (Wildman–Crippen LogP) is 2.55. The van der Waals surface area contributed by atoms with Gasteiger partial charge in [0.15, 0.2) is 6.61 Å². The maximum atomic E-state index is 12.6. The van der Waals surface area contributed by atoms with Gasteiger partial charge in [-0.2, -0.15) is 0 Å². The molecule has 0 saturated carbocycles. The SMILES string of the molecule is COc1ccc(NC(=O)COC(=O)[C@@H]2CCCN2C(=O)c2cccs2)c(OC)c1. The number of thiophene rings is 1. The van der Waals surface area contributed by atoms with Gasteiger partial charge >= 0.3 is 5.97 Å². The monoisotopic (exact) mass is 418 g/mol. The summed E-state index contributed by atoms with van der Waals surface area (Å²) in [6.45, 7) is 0.0390. The van der Waals surface area contributed by atoms with Crippen molar-refractivity contribution in [1.29, 1.82) is 0 Å². The largest absolute Gasteiger partial charge is 0.497 e. The Kier molecular flexibility index (Phi) is 6.71. The second kappa shape index (κ2) is 9.42. The maximum absolute atomic E-state index is 12.6. The average Bonchev–Trinajstić information content (AvgIpc) is 3.44. The highest BCUT2D eigenvalue weighted by atomic mass is 32.1. The van der Waals surface area contributed by atoms with Gasteiger partial charge in [-0.25, -0.2) is 4.79 Å². The minimum Gasteiger partial charge on any atom is -0.497 e. The van der Waals surface area contributed by atoms with Gasteiger partial charge in [-0.15, -0.1) is 11.3 Å². The highest BCUT2D eigenvalue weighted by molar-refractivity contribution is 7.12. The summed E-state index contributed by atoms with van der Waals surface area (Å²) in [5, 5.41) is 4.45. The van der Waals surface area contributed by atoms with Gasteiger partial charge in [0.2, 0.25) is 0 Å². The molecular formula is C20H22N2O6S. The summed E-state index contributed by atoms with van der Waals surface area (Å²) in [5.41, 5.74) is 0.435. The van der Waals surface area contributed by atoms with Gasteiger partial charge in [0, 0.05) is 12.6 Å². The number of nitrogens with one attached hydrogen (secondary N) is 1. The number of esters is 1. The molecular weight excluding hydrogens is 396 g/mol. The number of methoxy groups -OCH3 is 2. The second-order valence-electron chi connectivity index (χ2n) is 6.36. The molecule has 0 spiro atoms. The van der Waals surface area contributed by atoms with E-state index in [9.17, 15) is 14.4 Å². The first-order chi connectivity index (χ1) is 14.0. The molecule has 1 atom stereocenters. The van der Waals surface area contributed by atoms with E-state index in [1.54, 1.807) is 30.3 Å². The standard InChI is InChI=1S/C20H22N2O6S/c1-26-13-7-8-14(16(11-13)27-2)21-18(23)12-28-20(25)15-5-3-9-22(15)19(24)17-6-4-10-29-17/h4,6-8,10-11,15H,3,5,9,12H2,1-2H3,(H,21,23)/t15-/m0/s1. The molecule has 2 amide bonds. The van der Waals surface area contributed by atoms with Crippen molar-refractivity contribution in [3.05, 3.63) is 40.6 Å². The molecule has 9 heteroatoms. The first kappa shape index (κ1) is 20.7. The van der Waals surface area contributed by atoms with Crippen molar-refractivity contribution >= 4 is 34.8 Å². The van der Waals surface area contributed by atoms with Crippen molar-refractivity contribution < 1.29 is 28.6 Å². The topological polar surface area (TPSA) is 94.2 Å². The van der Waals surface area contributed by atoms with Crippen LogP contribution < -0.4 is 14.8 Å². The molecule has 1 aliphatic heterocycles. The van der Waals surface area contributed by atoms with Crippen molar-refractivity contribution in [3.63, 3.8) is 0 Å². The maximum Gasteiger partial charge on any atom is 0.329 e. The molecule has 0 radical (unpaired) electrons. The molecule has 154 valence electrons. The number of likely N-dealkylation sites (tertiary alicyclic amines) is 1. The fourth-order valence-electron chi connectivity index (χ4n) is 3.12. The lowest BCUT2D eigenvalue weighted by Gasteiger charge is -2.22. The highest BCUT2D eigenvalue weighted by Crippen LogP contribution is 2.29. The summed E-state index contributed by atoms with van der Waals surface area (Å²) in [4.78, 5) is 39.3. The van der Waals surface area contributed by atoms with Gasteiger partial charge in [0.25, 0.3) is 11.8 Å². The fourth-order valence-corrected chi connectivity index (χ4v) is 3.80. The molecule has 2 heterocycles. The summed E-state index contributed by atoms with van der Waals surface area (Å²) in [6.07, 6.45) is 1.23. The number of amides is 2. The molecule has 1 aliphatic rings. The van der Waals surface area contributed by atoms with Crippen molar-refractivity contribution in [2.45, 2.75) is 18.9 Å². The van der Waals surface area contributed by atoms with Gasteiger partial charge in [-0.05, 0) is 36.4 Å². The molecule has 2 aromatic rings. The normalized spacial score (nSPS) is 15.7. The Morgan fingerprint density at radius 1 is 1.21 bits per heavy atom. The van der Waals surface area contributed by atoms with E-state index in [1.807, 2.05) is 5.38 Å². The summed E-state index contributed by atoms with van der Waals surface area (Å²) < 4.78 is 15.5. The molecule has 0 aliphatic carbocycles. The zero-order chi connectivity index (χ0) is 20.8. The number of benzene rings is 1. The van der Waals surface area contributed by atoms with Crippen LogP contribution in [0.1, 0.15) is 22.5 Å². The van der Waals surface area contributed by atoms with Crippen LogP contribution in [-0.2, 0) is 14.3 Å². The van der Waals surface area contributed by atoms with E-state index < -0.39 is 24.5 Å². The number of hydrogen-bond acceptors (Lipinski definition) is 7. The molecule has 1 saturated heterocycles. The molecule has 29 heavy (non-hydrogen) atoms. The molecule has 1 aromatic heterocycles. The lowest BCUT2D eigenvalue weighted by Crippen LogP contribution is -2.41. The van der Waals surface area contributed by atoms with E-state index in [1.165, 1.54) is 30.5 Å². The summed E-state index contributed by atoms with van der Waals surface area (Å²) in [7, 11) is 3.01. The lowest BCUT2D eigenvalue weighted by atomic mass is 10.2. The van der Waals surface area contributed by atoms with E-state index in [4.69, 9.17) is 14.2 Å². The van der Waals surface area contributed by atoms with Crippen LogP contribution in [0.3, 0.4) is 0 Å². The molecule has 0 bridgehead atoms. The van der Waals surface area contributed by atoms with E-state index in [2.05, 4.69) is 5.32 Å². The van der Waals surface area contributed by atoms with Gasteiger partial charge in [-0.1, -0.05) is 6.07 Å². The van der Waals surface area contributed by atoms with Gasteiger partial charge in [-0.3, -0.25) is 9.59 Å². The number of rotatable bonds is 7. The number of hydrogen-bond donors (Lipinski definition) is 1. The van der Waals surface area contributed by atoms with Crippen LogP contribution in [0.4, 0.5) is 5.69 Å². The third-order valence-corrected chi connectivity index (χ3v) is 5.40. The third kappa shape index (κ3) is 4.86. The van der Waals surface area contributed by atoms with Gasteiger partial charge < -0.3 is 24.4 Å². The van der Waals surface area contributed by atoms with E-state index in [-0.39, 0.29) is 5.91 Å². The summed E-state index contributed by atoms with van der Waals surface area (Å²) in [6, 6.07) is 7.79. The van der Waals surface area contributed by atoms with Gasteiger partial charge in [0.05, 0.1) is 24.8 Å². The first-order valence-corrected chi connectivity index (χ1v) is 9.94. The predicted molar refractivity (Wildman–Crippen MR) is 108 cm³/mol. The second-order valence-corrected chi connectivity index (χ2v) is 7.30. The molecule has 1 fully saturated rings. The number of ether oxygens (including phenoxy) is 3. The lowest BCUT2D eigenvalue weighted by molar-refractivity contribution is -0.151. The van der Waals surface area contributed by atoms with Crippen LogP contribution in [0.5, 0.6) is 11.5 Å². The van der Waals surface area contributed by atoms with E-state index >= 15 is 0 Å². The Labute approximate surface area is 172 Å². The minimum absolute atomic E-state index is 0.188. The highest BCUT2D eigenvalue weighted by Gasteiger charge is 2.36. The van der Waals surface area contributed by atoms with Crippen molar-refractivity contribution in [2.24, 2.45) is 0 Å². The minimum atomic E-state index is -0.673. The van der Waals surface area contributed by atoms with Crippen LogP contribution in [-0.4, -0.2) is 56.1 Å². The fraction of sp³-hybridized carbons (Fsp3) is 0.350. The first-order valence-electron chi connectivity index (χ1n) is 9.06. The summed E-state index contributed by atoms with van der Waals surface area (Å²) in [5.74, 6) is -0.261. The molecule has 3 rings (SSSR count). The van der Waals surface area contributed by atoms with Crippen molar-refractivity contribution in [1.82, 2.24) is 4.90 Å². The summed E-state index contributed by atoms with van der Waals surface area (Å²) >= 11 is 1.33. The zero-order valence-corrected chi connectivity index (χ0v) is 17.0. The number of anilines is 1. The van der Waals surface area contributed by atoms with E-state index in [0.717, 1.165) is 0 Å². The molecule has 0 unspecified atom stereocenters. The number of nitrogens with zero attached hydrogens (tertiary/aromatic N) is 1. The van der Waals surface area contributed by atoms with Crippen LogP contribution in [0.25, 0.3) is 0 Å². The van der Waals surface area contributed by atoms with Crippen molar-refractivity contribution in [2.75, 3.05) is 32.7 Å².